The number of rotatable bonds is 0. The number of piperidine rings is 1. The fourth-order valence-corrected chi connectivity index (χ4v) is 3.16. The minimum atomic E-state index is -0.343. The third-order valence-corrected chi connectivity index (χ3v) is 3.87. The average Bonchev–Trinajstić information content (AvgIpc) is 2.74. The zero-order valence-corrected chi connectivity index (χ0v) is 8.52. The molecule has 3 heterocycles. The Kier molecular flexibility index (Phi) is 1.69. The number of nitrogens with one attached hydrogen (secondary N) is 1. The van der Waals surface area contributed by atoms with Gasteiger partial charge in [0.1, 0.15) is 4.88 Å². The van der Waals surface area contributed by atoms with E-state index in [1.54, 1.807) is 0 Å². The molecule has 0 radical (unpaired) electrons. The van der Waals surface area contributed by atoms with Crippen LogP contribution >= 0.6 is 11.3 Å². The fourth-order valence-electron chi connectivity index (χ4n) is 2.30. The summed E-state index contributed by atoms with van der Waals surface area (Å²) in [7, 11) is 0. The van der Waals surface area contributed by atoms with Gasteiger partial charge in [-0.3, -0.25) is 0 Å². The van der Waals surface area contributed by atoms with E-state index in [0.717, 1.165) is 36.4 Å². The molecular formula is C10H11NO2S. The molecule has 14 heavy (non-hydrogen) atoms. The molecule has 0 aromatic carbocycles. The largest absolute Gasteiger partial charge is 0.449 e. The smallest absolute Gasteiger partial charge is 0.349 e. The van der Waals surface area contributed by atoms with Gasteiger partial charge in [-0.25, -0.2) is 4.79 Å². The van der Waals surface area contributed by atoms with E-state index < -0.39 is 0 Å². The lowest BCUT2D eigenvalue weighted by molar-refractivity contribution is -0.0203. The molecule has 1 unspecified atom stereocenters. The number of hydrogen-bond donors (Lipinski definition) is 1. The highest BCUT2D eigenvalue weighted by Gasteiger charge is 2.46. The summed E-state index contributed by atoms with van der Waals surface area (Å²) in [6, 6.07) is 2.03. The molecule has 0 saturated carbocycles. The second kappa shape index (κ2) is 2.81. The van der Waals surface area contributed by atoms with Gasteiger partial charge in [-0.05, 0) is 30.8 Å². The van der Waals surface area contributed by atoms with Gasteiger partial charge in [-0.1, -0.05) is 0 Å². The van der Waals surface area contributed by atoms with Crippen molar-refractivity contribution in [2.24, 2.45) is 0 Å². The fraction of sp³-hybridized carbons (Fsp3) is 0.500. The number of carbonyl (C=O) groups is 1. The van der Waals surface area contributed by atoms with Gasteiger partial charge in [0.25, 0.3) is 0 Å². The van der Waals surface area contributed by atoms with Crippen molar-refractivity contribution in [2.45, 2.75) is 18.4 Å². The number of ether oxygens (including phenoxy) is 1. The highest BCUT2D eigenvalue weighted by molar-refractivity contribution is 7.12. The number of thiophene rings is 1. The van der Waals surface area contributed by atoms with Crippen LogP contribution in [0.25, 0.3) is 0 Å². The summed E-state index contributed by atoms with van der Waals surface area (Å²) in [6.07, 6.45) is 2.03. The summed E-state index contributed by atoms with van der Waals surface area (Å²) in [5.74, 6) is -0.140. The molecule has 2 aliphatic heterocycles. The van der Waals surface area contributed by atoms with Gasteiger partial charge < -0.3 is 10.1 Å². The van der Waals surface area contributed by atoms with Crippen molar-refractivity contribution in [2.75, 3.05) is 13.1 Å². The number of hydrogen-bond acceptors (Lipinski definition) is 4. The van der Waals surface area contributed by atoms with Crippen LogP contribution in [0.15, 0.2) is 11.4 Å². The van der Waals surface area contributed by atoms with E-state index in [2.05, 4.69) is 5.32 Å². The molecule has 3 nitrogen and oxygen atoms in total. The maximum absolute atomic E-state index is 11.6. The van der Waals surface area contributed by atoms with Crippen LogP contribution in [0.2, 0.25) is 0 Å². The molecule has 1 N–H and O–H groups in total. The van der Waals surface area contributed by atoms with Crippen LogP contribution in [-0.2, 0) is 10.3 Å². The summed E-state index contributed by atoms with van der Waals surface area (Å²) in [5, 5.41) is 5.27. The predicted molar refractivity (Wildman–Crippen MR) is 53.5 cm³/mol. The molecule has 4 heteroatoms. The van der Waals surface area contributed by atoms with Crippen LogP contribution in [0.5, 0.6) is 0 Å². The van der Waals surface area contributed by atoms with Gasteiger partial charge in [0, 0.05) is 12.1 Å². The Bertz CT molecular complexity index is 379. The Morgan fingerprint density at radius 1 is 1.57 bits per heavy atom. The van der Waals surface area contributed by atoms with Crippen molar-refractivity contribution >= 4 is 17.3 Å². The summed E-state index contributed by atoms with van der Waals surface area (Å²) in [4.78, 5) is 12.4. The van der Waals surface area contributed by atoms with E-state index in [-0.39, 0.29) is 11.6 Å². The molecule has 74 valence electrons. The Hall–Kier alpha value is -0.870. The zero-order chi connectivity index (χ0) is 9.60. The Morgan fingerprint density at radius 2 is 2.50 bits per heavy atom. The van der Waals surface area contributed by atoms with Crippen molar-refractivity contribution in [3.63, 3.8) is 0 Å². The van der Waals surface area contributed by atoms with E-state index in [1.165, 1.54) is 11.3 Å². The number of fused-ring (bicyclic) bond motifs is 2. The second-order valence-electron chi connectivity index (χ2n) is 3.83. The van der Waals surface area contributed by atoms with Crippen LogP contribution in [-0.4, -0.2) is 19.1 Å². The van der Waals surface area contributed by atoms with Gasteiger partial charge in [-0.15, -0.1) is 11.3 Å². The van der Waals surface area contributed by atoms with Crippen molar-refractivity contribution in [1.82, 2.24) is 5.32 Å². The van der Waals surface area contributed by atoms with Gasteiger partial charge in [-0.2, -0.15) is 0 Å². The topological polar surface area (TPSA) is 38.3 Å². The lowest BCUT2D eigenvalue weighted by Gasteiger charge is -2.32. The predicted octanol–water partition coefficient (Wildman–Crippen LogP) is 1.50. The first-order chi connectivity index (χ1) is 6.82. The van der Waals surface area contributed by atoms with Crippen molar-refractivity contribution in [1.29, 1.82) is 0 Å². The zero-order valence-electron chi connectivity index (χ0n) is 7.71. The maximum atomic E-state index is 11.6. The van der Waals surface area contributed by atoms with Crippen LogP contribution in [0.3, 0.4) is 0 Å². The Morgan fingerprint density at radius 3 is 3.29 bits per heavy atom. The quantitative estimate of drug-likeness (QED) is 0.658. The first-order valence-corrected chi connectivity index (χ1v) is 5.72. The van der Waals surface area contributed by atoms with E-state index in [9.17, 15) is 4.79 Å². The average molecular weight is 209 g/mol. The Labute approximate surface area is 86.1 Å². The van der Waals surface area contributed by atoms with Crippen molar-refractivity contribution < 1.29 is 9.53 Å². The van der Waals surface area contributed by atoms with E-state index in [1.807, 2.05) is 11.4 Å². The van der Waals surface area contributed by atoms with E-state index in [0.29, 0.717) is 0 Å². The normalized spacial score (nSPS) is 30.4. The molecule has 3 rings (SSSR count). The highest BCUT2D eigenvalue weighted by Crippen LogP contribution is 2.43. The molecule has 0 aliphatic carbocycles. The van der Waals surface area contributed by atoms with Gasteiger partial charge in [0.2, 0.25) is 0 Å². The highest BCUT2D eigenvalue weighted by atomic mass is 32.1. The van der Waals surface area contributed by atoms with Crippen LogP contribution in [0.4, 0.5) is 0 Å². The maximum Gasteiger partial charge on any atom is 0.349 e. The Balaban J connectivity index is 2.07. The van der Waals surface area contributed by atoms with Crippen LogP contribution < -0.4 is 5.32 Å². The number of carbonyl (C=O) groups excluding carboxylic acids is 1. The van der Waals surface area contributed by atoms with Crippen LogP contribution in [0, 0.1) is 0 Å². The molecule has 1 aromatic heterocycles. The van der Waals surface area contributed by atoms with Crippen molar-refractivity contribution in [3.05, 3.63) is 21.9 Å². The van der Waals surface area contributed by atoms with Gasteiger partial charge in [0.15, 0.2) is 5.60 Å². The SMILES string of the molecule is O=C1OC2(CCCNC2)c2ccsc21. The molecule has 1 saturated heterocycles. The van der Waals surface area contributed by atoms with E-state index >= 15 is 0 Å². The van der Waals surface area contributed by atoms with Gasteiger partial charge >= 0.3 is 5.97 Å². The summed E-state index contributed by atoms with van der Waals surface area (Å²) < 4.78 is 5.51. The third kappa shape index (κ3) is 0.980. The molecule has 2 aliphatic rings. The monoisotopic (exact) mass is 209 g/mol. The molecule has 1 atom stereocenters. The summed E-state index contributed by atoms with van der Waals surface area (Å²) in [6.45, 7) is 1.79. The molecule has 1 fully saturated rings. The standard InChI is InChI=1S/C10H11NO2S/c12-9-8-7(2-5-14-8)10(13-9)3-1-4-11-6-10/h2,5,11H,1,3-4,6H2. The summed E-state index contributed by atoms with van der Waals surface area (Å²) >= 11 is 1.49. The van der Waals surface area contributed by atoms with Crippen LogP contribution in [0.1, 0.15) is 28.1 Å². The van der Waals surface area contributed by atoms with E-state index in [4.69, 9.17) is 4.74 Å². The molecule has 1 aromatic rings. The first kappa shape index (κ1) is 8.44. The molecule has 0 bridgehead atoms. The summed E-state index contributed by atoms with van der Waals surface area (Å²) in [5.41, 5.74) is 0.754. The second-order valence-corrected chi connectivity index (χ2v) is 4.74. The minimum Gasteiger partial charge on any atom is -0.449 e. The third-order valence-electron chi connectivity index (χ3n) is 2.97. The molecule has 0 amide bonds. The minimum absolute atomic E-state index is 0.140. The molecule has 1 spiro atoms. The van der Waals surface area contributed by atoms with Crippen molar-refractivity contribution in [3.8, 4) is 0 Å². The lowest BCUT2D eigenvalue weighted by atomic mass is 9.88. The molecular weight excluding hydrogens is 198 g/mol. The first-order valence-electron chi connectivity index (χ1n) is 4.84. The lowest BCUT2D eigenvalue weighted by Crippen LogP contribution is -2.43. The van der Waals surface area contributed by atoms with Gasteiger partial charge in [0.05, 0.1) is 0 Å². The number of esters is 1.